The monoisotopic (exact) mass is 539 g/mol. The molecule has 4 aromatic carbocycles. The van der Waals surface area contributed by atoms with Crippen LogP contribution in [0, 0.1) is 11.7 Å². The molecule has 0 saturated heterocycles. The van der Waals surface area contributed by atoms with E-state index in [4.69, 9.17) is 9.47 Å². The van der Waals surface area contributed by atoms with Crippen LogP contribution in [0.25, 0.3) is 0 Å². The lowest BCUT2D eigenvalue weighted by atomic mass is 9.99. The molecule has 5 rings (SSSR count). The Balaban J connectivity index is 1.27. The number of aliphatic hydroxyl groups is 1. The van der Waals surface area contributed by atoms with Crippen LogP contribution < -0.4 is 9.47 Å². The van der Waals surface area contributed by atoms with Crippen molar-refractivity contribution in [1.82, 2.24) is 4.90 Å². The molecule has 0 aliphatic heterocycles. The molecule has 1 aliphatic carbocycles. The lowest BCUT2D eigenvalue weighted by Gasteiger charge is -2.23. The number of ether oxygens (including phenoxy) is 2. The Hall–Kier alpha value is -4.49. The average molecular weight is 540 g/mol. The van der Waals surface area contributed by atoms with E-state index in [1.807, 2.05) is 23.1 Å². The Kier molecular flexibility index (Phi) is 8.22. The predicted molar refractivity (Wildman–Crippen MR) is 149 cm³/mol. The summed E-state index contributed by atoms with van der Waals surface area (Å²) in [4.78, 5) is 27.9. The van der Waals surface area contributed by atoms with Gasteiger partial charge in [-0.25, -0.2) is 4.39 Å². The molecule has 1 amide bonds. The van der Waals surface area contributed by atoms with Gasteiger partial charge in [0.15, 0.2) is 23.1 Å². The van der Waals surface area contributed by atoms with Crippen LogP contribution in [-0.2, 0) is 6.54 Å². The number of carbonyl (C=O) groups is 2. The SMILES string of the molecule is COc1c(F)cccc1Oc1ccc(C(=O)N(Cc2ccc(C(O)C(=O)c3ccccc3)cc2)CC2CC2)cc1. The number of carbonyl (C=O) groups excluding carboxylic acids is 2. The zero-order valence-corrected chi connectivity index (χ0v) is 22.1. The zero-order chi connectivity index (χ0) is 28.1. The molecule has 1 saturated carbocycles. The molecular formula is C33H30FNO5. The molecule has 0 bridgehead atoms. The number of amides is 1. The van der Waals surface area contributed by atoms with Crippen LogP contribution >= 0.6 is 0 Å². The van der Waals surface area contributed by atoms with Gasteiger partial charge in [0.2, 0.25) is 0 Å². The van der Waals surface area contributed by atoms with Gasteiger partial charge in [-0.3, -0.25) is 9.59 Å². The third-order valence-electron chi connectivity index (χ3n) is 6.90. The van der Waals surface area contributed by atoms with E-state index in [9.17, 15) is 19.1 Å². The number of hydrogen-bond donors (Lipinski definition) is 1. The molecule has 204 valence electrons. The normalized spacial score (nSPS) is 13.4. The third-order valence-corrected chi connectivity index (χ3v) is 6.90. The molecule has 0 radical (unpaired) electrons. The van der Waals surface area contributed by atoms with E-state index in [1.165, 1.54) is 19.2 Å². The maximum absolute atomic E-state index is 14.0. The largest absolute Gasteiger partial charge is 0.490 e. The van der Waals surface area contributed by atoms with E-state index in [2.05, 4.69) is 0 Å². The highest BCUT2D eigenvalue weighted by molar-refractivity contribution is 5.99. The van der Waals surface area contributed by atoms with Gasteiger partial charge < -0.3 is 19.5 Å². The first-order chi connectivity index (χ1) is 19.4. The molecule has 40 heavy (non-hydrogen) atoms. The first-order valence-corrected chi connectivity index (χ1v) is 13.2. The lowest BCUT2D eigenvalue weighted by molar-refractivity contribution is 0.0734. The van der Waals surface area contributed by atoms with Gasteiger partial charge in [0.05, 0.1) is 7.11 Å². The van der Waals surface area contributed by atoms with Crippen molar-refractivity contribution in [1.29, 1.82) is 0 Å². The summed E-state index contributed by atoms with van der Waals surface area (Å²) in [6.45, 7) is 1.05. The highest BCUT2D eigenvalue weighted by Gasteiger charge is 2.28. The predicted octanol–water partition coefficient (Wildman–Crippen LogP) is 6.60. The van der Waals surface area contributed by atoms with E-state index in [-0.39, 0.29) is 23.2 Å². The van der Waals surface area contributed by atoms with Gasteiger partial charge in [-0.15, -0.1) is 0 Å². The van der Waals surface area contributed by atoms with Crippen molar-refractivity contribution < 1.29 is 28.6 Å². The molecule has 1 aliphatic rings. The number of rotatable bonds is 11. The highest BCUT2D eigenvalue weighted by atomic mass is 19.1. The molecule has 1 unspecified atom stereocenters. The quantitative estimate of drug-likeness (QED) is 0.218. The number of hydrogen-bond acceptors (Lipinski definition) is 5. The van der Waals surface area contributed by atoms with Crippen molar-refractivity contribution in [3.63, 3.8) is 0 Å². The van der Waals surface area contributed by atoms with Crippen molar-refractivity contribution in [2.24, 2.45) is 5.92 Å². The van der Waals surface area contributed by atoms with Gasteiger partial charge >= 0.3 is 0 Å². The summed E-state index contributed by atoms with van der Waals surface area (Å²) in [5, 5.41) is 10.6. The van der Waals surface area contributed by atoms with Crippen LogP contribution in [0.2, 0.25) is 0 Å². The maximum Gasteiger partial charge on any atom is 0.254 e. The molecular weight excluding hydrogens is 509 g/mol. The van der Waals surface area contributed by atoms with E-state index in [0.717, 1.165) is 18.4 Å². The van der Waals surface area contributed by atoms with Crippen LogP contribution in [0.5, 0.6) is 17.2 Å². The smallest absolute Gasteiger partial charge is 0.254 e. The zero-order valence-electron chi connectivity index (χ0n) is 22.1. The van der Waals surface area contributed by atoms with E-state index < -0.39 is 11.9 Å². The van der Waals surface area contributed by atoms with E-state index >= 15 is 0 Å². The van der Waals surface area contributed by atoms with Crippen LogP contribution in [-0.4, -0.2) is 35.4 Å². The number of para-hydroxylation sites is 1. The number of nitrogens with zero attached hydrogens (tertiary/aromatic N) is 1. The fraction of sp³-hybridized carbons (Fsp3) is 0.212. The lowest BCUT2D eigenvalue weighted by Crippen LogP contribution is -2.32. The van der Waals surface area contributed by atoms with Gasteiger partial charge in [-0.1, -0.05) is 60.7 Å². The molecule has 1 N–H and O–H groups in total. The van der Waals surface area contributed by atoms with Crippen molar-refractivity contribution in [3.8, 4) is 17.2 Å². The fourth-order valence-electron chi connectivity index (χ4n) is 4.51. The van der Waals surface area contributed by atoms with Gasteiger partial charge in [0.25, 0.3) is 5.91 Å². The minimum absolute atomic E-state index is 0.0150. The van der Waals surface area contributed by atoms with E-state index in [0.29, 0.717) is 41.4 Å². The third kappa shape index (κ3) is 6.38. The molecule has 4 aromatic rings. The summed E-state index contributed by atoms with van der Waals surface area (Å²) < 4.78 is 24.9. The van der Waals surface area contributed by atoms with Crippen LogP contribution in [0.1, 0.15) is 50.8 Å². The molecule has 0 spiro atoms. The van der Waals surface area contributed by atoms with E-state index in [1.54, 1.807) is 66.7 Å². The minimum atomic E-state index is -1.26. The Labute approximate surface area is 232 Å². The number of benzene rings is 4. The summed E-state index contributed by atoms with van der Waals surface area (Å²) in [7, 11) is 1.38. The van der Waals surface area contributed by atoms with Crippen molar-refractivity contribution in [3.05, 3.63) is 125 Å². The van der Waals surface area contributed by atoms with Gasteiger partial charge in [-0.2, -0.15) is 0 Å². The molecule has 7 heteroatoms. The van der Waals surface area contributed by atoms with Crippen molar-refractivity contribution >= 4 is 11.7 Å². The van der Waals surface area contributed by atoms with Gasteiger partial charge in [0.1, 0.15) is 11.9 Å². The van der Waals surface area contributed by atoms with Crippen LogP contribution in [0.15, 0.2) is 97.1 Å². The van der Waals surface area contributed by atoms with Gasteiger partial charge in [-0.05, 0) is 66.3 Å². The summed E-state index contributed by atoms with van der Waals surface area (Å²) >= 11 is 0. The van der Waals surface area contributed by atoms with Crippen molar-refractivity contribution in [2.75, 3.05) is 13.7 Å². The molecule has 1 atom stereocenters. The number of Topliss-reactive ketones (excluding diaryl/α,β-unsaturated/α-hetero) is 1. The Morgan fingerprint density at radius 2 is 1.60 bits per heavy atom. The number of methoxy groups -OCH3 is 1. The Bertz CT molecular complexity index is 1470. The molecule has 0 heterocycles. The number of ketones is 1. The Morgan fingerprint density at radius 1 is 0.900 bits per heavy atom. The van der Waals surface area contributed by atoms with Crippen LogP contribution in [0.3, 0.4) is 0 Å². The fourth-order valence-corrected chi connectivity index (χ4v) is 4.51. The van der Waals surface area contributed by atoms with Gasteiger partial charge in [0, 0.05) is 24.2 Å². The van der Waals surface area contributed by atoms with Crippen molar-refractivity contribution in [2.45, 2.75) is 25.5 Å². The molecule has 6 nitrogen and oxygen atoms in total. The minimum Gasteiger partial charge on any atom is -0.490 e. The second kappa shape index (κ2) is 12.1. The van der Waals surface area contributed by atoms with Crippen LogP contribution in [0.4, 0.5) is 4.39 Å². The number of halogens is 1. The second-order valence-electron chi connectivity index (χ2n) is 9.90. The Morgan fingerprint density at radius 3 is 2.25 bits per heavy atom. The molecule has 1 fully saturated rings. The number of aliphatic hydroxyl groups excluding tert-OH is 1. The second-order valence-corrected chi connectivity index (χ2v) is 9.90. The summed E-state index contributed by atoms with van der Waals surface area (Å²) in [6, 6.07) is 27.0. The summed E-state index contributed by atoms with van der Waals surface area (Å²) in [5.74, 6) is 0.210. The topological polar surface area (TPSA) is 76.1 Å². The first kappa shape index (κ1) is 27.1. The summed E-state index contributed by atoms with van der Waals surface area (Å²) in [5.41, 5.74) is 2.37. The average Bonchev–Trinajstić information content (AvgIpc) is 3.81. The first-order valence-electron chi connectivity index (χ1n) is 13.2. The highest BCUT2D eigenvalue weighted by Crippen LogP contribution is 2.34. The molecule has 0 aromatic heterocycles. The maximum atomic E-state index is 14.0. The standard InChI is InChI=1S/C33H30FNO5/c1-39-32-28(34)8-5-9-29(32)40-27-18-16-26(17-19-27)33(38)35(20-22-10-11-22)21-23-12-14-25(15-13-23)31(37)30(36)24-6-3-2-4-7-24/h2-9,12-19,22,31,37H,10-11,20-21H2,1H3. The summed E-state index contributed by atoms with van der Waals surface area (Å²) in [6.07, 6.45) is 0.936.